The van der Waals surface area contributed by atoms with Gasteiger partial charge in [-0.1, -0.05) is 54.1 Å². The summed E-state index contributed by atoms with van der Waals surface area (Å²) in [7, 11) is 3.91. The van der Waals surface area contributed by atoms with Gasteiger partial charge in [0.2, 0.25) is 0 Å². The third kappa shape index (κ3) is 5.60. The zero-order valence-corrected chi connectivity index (χ0v) is 19.2. The van der Waals surface area contributed by atoms with Crippen LogP contribution in [-0.2, 0) is 11.3 Å². The molecule has 4 rings (SSSR count). The van der Waals surface area contributed by atoms with Gasteiger partial charge in [0.25, 0.3) is 5.91 Å². The smallest absolute Gasteiger partial charge is 0.277 e. The van der Waals surface area contributed by atoms with Crippen molar-refractivity contribution in [2.45, 2.75) is 13.5 Å². The number of aryl methyl sites for hydroxylation is 1. The molecule has 1 N–H and O–H groups in total. The van der Waals surface area contributed by atoms with Crippen LogP contribution in [0.4, 0.5) is 5.69 Å². The zero-order valence-electron chi connectivity index (χ0n) is 19.2. The second-order valence-corrected chi connectivity index (χ2v) is 8.19. The van der Waals surface area contributed by atoms with Gasteiger partial charge in [-0.25, -0.2) is 5.43 Å². The van der Waals surface area contributed by atoms with Crippen LogP contribution in [0.5, 0.6) is 5.75 Å². The number of fused-ring (bicyclic) bond motifs is 1. The van der Waals surface area contributed by atoms with Gasteiger partial charge in [-0.05, 0) is 30.7 Å². The Balaban J connectivity index is 1.41. The summed E-state index contributed by atoms with van der Waals surface area (Å²) < 4.78 is 7.80. The quantitative estimate of drug-likeness (QED) is 0.322. The second kappa shape index (κ2) is 10.0. The summed E-state index contributed by atoms with van der Waals surface area (Å²) in [5, 5.41) is 5.24. The van der Waals surface area contributed by atoms with Gasteiger partial charge in [0, 0.05) is 55.1 Å². The maximum absolute atomic E-state index is 12.2. The van der Waals surface area contributed by atoms with Crippen molar-refractivity contribution in [3.8, 4) is 5.75 Å². The van der Waals surface area contributed by atoms with E-state index < -0.39 is 0 Å². The molecule has 0 unspecified atom stereocenters. The van der Waals surface area contributed by atoms with E-state index in [0.717, 1.165) is 28.7 Å². The maximum Gasteiger partial charge on any atom is 0.277 e. The van der Waals surface area contributed by atoms with E-state index in [-0.39, 0.29) is 12.5 Å². The van der Waals surface area contributed by atoms with Crippen molar-refractivity contribution in [3.63, 3.8) is 0 Å². The zero-order chi connectivity index (χ0) is 23.2. The molecule has 4 aromatic rings. The van der Waals surface area contributed by atoms with Crippen LogP contribution in [0, 0.1) is 6.92 Å². The van der Waals surface area contributed by atoms with E-state index in [1.807, 2.05) is 55.4 Å². The molecule has 3 aromatic carbocycles. The first-order valence-electron chi connectivity index (χ1n) is 10.8. The first-order valence-corrected chi connectivity index (χ1v) is 10.8. The number of benzene rings is 3. The molecule has 1 aromatic heterocycles. The predicted octanol–water partition coefficient (Wildman–Crippen LogP) is 4.59. The lowest BCUT2D eigenvalue weighted by molar-refractivity contribution is -0.123. The van der Waals surface area contributed by atoms with Crippen molar-refractivity contribution in [1.29, 1.82) is 0 Å². The normalized spacial score (nSPS) is 11.1. The Labute approximate surface area is 194 Å². The lowest BCUT2D eigenvalue weighted by atomic mass is 10.1. The summed E-state index contributed by atoms with van der Waals surface area (Å²) >= 11 is 0. The van der Waals surface area contributed by atoms with Gasteiger partial charge in [-0.3, -0.25) is 4.79 Å². The minimum atomic E-state index is -0.315. The Kier molecular flexibility index (Phi) is 6.74. The van der Waals surface area contributed by atoms with Crippen LogP contribution in [0.1, 0.15) is 16.7 Å². The minimum absolute atomic E-state index is 0.108. The van der Waals surface area contributed by atoms with Gasteiger partial charge in [-0.15, -0.1) is 0 Å². The third-order valence-corrected chi connectivity index (χ3v) is 5.35. The Morgan fingerprint density at radius 3 is 2.70 bits per heavy atom. The number of para-hydroxylation sites is 1. The van der Waals surface area contributed by atoms with E-state index in [2.05, 4.69) is 64.6 Å². The van der Waals surface area contributed by atoms with Gasteiger partial charge in [0.15, 0.2) is 6.61 Å². The molecule has 0 atom stereocenters. The van der Waals surface area contributed by atoms with Crippen LogP contribution in [0.2, 0.25) is 0 Å². The molecule has 0 aliphatic heterocycles. The highest BCUT2D eigenvalue weighted by Crippen LogP contribution is 2.22. The number of hydrogen-bond donors (Lipinski definition) is 1. The lowest BCUT2D eigenvalue weighted by Gasteiger charge is -2.13. The third-order valence-electron chi connectivity index (χ3n) is 5.35. The van der Waals surface area contributed by atoms with Crippen LogP contribution in [0.15, 0.2) is 84.1 Å². The highest BCUT2D eigenvalue weighted by Gasteiger charge is 2.08. The van der Waals surface area contributed by atoms with E-state index in [4.69, 9.17) is 4.74 Å². The molecule has 1 amide bonds. The van der Waals surface area contributed by atoms with E-state index in [1.54, 1.807) is 6.21 Å². The maximum atomic E-state index is 12.2. The first kappa shape index (κ1) is 22.1. The number of hydrazone groups is 1. The molecule has 0 spiro atoms. The number of amides is 1. The first-order chi connectivity index (χ1) is 16.0. The van der Waals surface area contributed by atoms with Gasteiger partial charge in [-0.2, -0.15) is 5.10 Å². The molecule has 6 heteroatoms. The number of anilines is 1. The fourth-order valence-electron chi connectivity index (χ4n) is 3.72. The summed E-state index contributed by atoms with van der Waals surface area (Å²) in [6.07, 6.45) is 3.74. The molecule has 0 bridgehead atoms. The summed E-state index contributed by atoms with van der Waals surface area (Å²) in [5.74, 6) is 0.324. The number of carbonyl (C=O) groups is 1. The summed E-state index contributed by atoms with van der Waals surface area (Å²) in [5.41, 5.74) is 8.11. The van der Waals surface area contributed by atoms with E-state index in [9.17, 15) is 4.79 Å². The predicted molar refractivity (Wildman–Crippen MR) is 134 cm³/mol. The standard InChI is InChI=1S/C27H28N4O2/c1-20-8-6-9-21(14-20)17-31-18-22(25-12-4-5-13-26(25)31)16-28-29-27(32)19-33-24-11-7-10-23(15-24)30(2)3/h4-16,18H,17,19H2,1-3H3,(H,29,32)/b28-16+. The van der Waals surface area contributed by atoms with Crippen molar-refractivity contribution in [2.75, 3.05) is 25.6 Å². The Morgan fingerprint density at radius 2 is 1.88 bits per heavy atom. The molecular weight excluding hydrogens is 412 g/mol. The van der Waals surface area contributed by atoms with E-state index >= 15 is 0 Å². The van der Waals surface area contributed by atoms with Crippen LogP contribution in [0.3, 0.4) is 0 Å². The molecular formula is C27H28N4O2. The van der Waals surface area contributed by atoms with Crippen molar-refractivity contribution in [2.24, 2.45) is 5.10 Å². The number of carbonyl (C=O) groups excluding carboxylic acids is 1. The number of nitrogens with zero attached hydrogens (tertiary/aromatic N) is 3. The van der Waals surface area contributed by atoms with Crippen molar-refractivity contribution in [3.05, 3.63) is 95.7 Å². The SMILES string of the molecule is Cc1cccc(Cn2cc(/C=N/NC(=O)COc3cccc(N(C)C)c3)c3ccccc32)c1. The molecule has 33 heavy (non-hydrogen) atoms. The molecule has 0 saturated heterocycles. The van der Waals surface area contributed by atoms with Gasteiger partial charge < -0.3 is 14.2 Å². The summed E-state index contributed by atoms with van der Waals surface area (Å²) in [6, 6.07) is 24.3. The number of hydrogen-bond acceptors (Lipinski definition) is 4. The largest absolute Gasteiger partial charge is 0.484 e. The minimum Gasteiger partial charge on any atom is -0.484 e. The molecule has 168 valence electrons. The van der Waals surface area contributed by atoms with Crippen LogP contribution < -0.4 is 15.1 Å². The highest BCUT2D eigenvalue weighted by molar-refractivity contribution is 5.99. The Morgan fingerprint density at radius 1 is 1.06 bits per heavy atom. The van der Waals surface area contributed by atoms with Crippen molar-refractivity contribution >= 4 is 28.7 Å². The summed E-state index contributed by atoms with van der Waals surface area (Å²) in [4.78, 5) is 14.2. The molecule has 1 heterocycles. The number of nitrogens with one attached hydrogen (secondary N) is 1. The van der Waals surface area contributed by atoms with Crippen LogP contribution >= 0.6 is 0 Å². The average molecular weight is 441 g/mol. The van der Waals surface area contributed by atoms with Gasteiger partial charge in [0.1, 0.15) is 5.75 Å². The fourth-order valence-corrected chi connectivity index (χ4v) is 3.72. The fraction of sp³-hybridized carbons (Fsp3) is 0.185. The van der Waals surface area contributed by atoms with Gasteiger partial charge in [0.05, 0.1) is 6.21 Å². The topological polar surface area (TPSA) is 58.9 Å². The molecule has 0 aliphatic carbocycles. The molecule has 0 fully saturated rings. The van der Waals surface area contributed by atoms with Crippen molar-refractivity contribution < 1.29 is 9.53 Å². The Hall–Kier alpha value is -4.06. The van der Waals surface area contributed by atoms with Crippen LogP contribution in [0.25, 0.3) is 10.9 Å². The van der Waals surface area contributed by atoms with Gasteiger partial charge >= 0.3 is 0 Å². The number of ether oxygens (including phenoxy) is 1. The molecule has 6 nitrogen and oxygen atoms in total. The number of aromatic nitrogens is 1. The van der Waals surface area contributed by atoms with E-state index in [1.165, 1.54) is 11.1 Å². The average Bonchev–Trinajstić information content (AvgIpc) is 3.15. The van der Waals surface area contributed by atoms with Crippen molar-refractivity contribution in [1.82, 2.24) is 9.99 Å². The monoisotopic (exact) mass is 440 g/mol. The lowest BCUT2D eigenvalue weighted by Crippen LogP contribution is -2.24. The van der Waals surface area contributed by atoms with Crippen LogP contribution in [-0.4, -0.2) is 37.4 Å². The van der Waals surface area contributed by atoms with E-state index in [0.29, 0.717) is 5.75 Å². The molecule has 0 radical (unpaired) electrons. The number of rotatable bonds is 8. The molecule has 0 aliphatic rings. The molecule has 0 saturated carbocycles. The second-order valence-electron chi connectivity index (χ2n) is 8.19. The highest BCUT2D eigenvalue weighted by atomic mass is 16.5. The Bertz CT molecular complexity index is 1290. The summed E-state index contributed by atoms with van der Waals surface area (Å²) in [6.45, 7) is 2.76.